The zero-order valence-corrected chi connectivity index (χ0v) is 35.4. The van der Waals surface area contributed by atoms with Crippen LogP contribution in [0.25, 0.3) is 0 Å². The third-order valence-corrected chi connectivity index (χ3v) is 9.72. The van der Waals surface area contributed by atoms with Gasteiger partial charge in [-0.05, 0) is 120 Å². The lowest BCUT2D eigenvalue weighted by Gasteiger charge is -2.26. The van der Waals surface area contributed by atoms with E-state index in [-0.39, 0.29) is 49.5 Å². The van der Waals surface area contributed by atoms with Gasteiger partial charge in [-0.2, -0.15) is 0 Å². The lowest BCUT2D eigenvalue weighted by Crippen LogP contribution is -2.59. The van der Waals surface area contributed by atoms with Crippen molar-refractivity contribution >= 4 is 41.4 Å². The fourth-order valence-corrected chi connectivity index (χ4v) is 6.18. The number of phenolic OH excluding ortho intramolecular Hbond substituents is 2. The quantitative estimate of drug-likeness (QED) is 0.0508. The average molecular weight is 856 g/mol. The first-order valence-corrected chi connectivity index (χ1v) is 20.6. The Labute approximate surface area is 356 Å². The van der Waals surface area contributed by atoms with E-state index in [1.807, 2.05) is 13.8 Å². The number of carboxylic acid groups (broad SMARTS) is 1. The third kappa shape index (κ3) is 19.0. The van der Waals surface area contributed by atoms with Crippen LogP contribution in [-0.4, -0.2) is 112 Å². The van der Waals surface area contributed by atoms with E-state index >= 15 is 0 Å². The van der Waals surface area contributed by atoms with E-state index < -0.39 is 83.7 Å². The molecule has 7 atom stereocenters. The standard InChI is InChI=1S/C42H65N9O10/c1-24(2)21-35(42(60)61)51-40(58)33(10-6-8-20-44)49-37(55)26(4)47-41(59)34(23-28-13-17-30(53)18-14-28)50-39(57)32(9-5-7-19-43)48-36(54)25(3)46-38(56)31(45)22-27-11-15-29(52)16-12-27/h11-18,24-26,31-35,52-53H,5-10,19-23,43-45H2,1-4H3,(H,46,56)(H,47,59)(H,48,54)(H,49,55)(H,50,57)(H,51,58)(H,60,61)/t25-,26-,31-,32-,33-,34-,35-/m0/s1. The lowest BCUT2D eigenvalue weighted by atomic mass is 10.0. The highest BCUT2D eigenvalue weighted by molar-refractivity contribution is 5.97. The Bertz CT molecular complexity index is 1740. The molecule has 338 valence electrons. The average Bonchev–Trinajstić information content (AvgIpc) is 3.20. The van der Waals surface area contributed by atoms with Crippen molar-refractivity contribution in [3.05, 3.63) is 59.7 Å². The summed E-state index contributed by atoms with van der Waals surface area (Å²) in [6.07, 6.45) is 2.38. The second-order valence-corrected chi connectivity index (χ2v) is 15.6. The van der Waals surface area contributed by atoms with E-state index in [1.54, 1.807) is 24.3 Å². The molecule has 0 spiro atoms. The Morgan fingerprint density at radius 1 is 0.508 bits per heavy atom. The smallest absolute Gasteiger partial charge is 0.326 e. The van der Waals surface area contributed by atoms with Gasteiger partial charge < -0.3 is 64.4 Å². The first kappa shape index (κ1) is 51.4. The number of rotatable bonds is 27. The predicted molar refractivity (Wildman–Crippen MR) is 227 cm³/mol. The summed E-state index contributed by atoms with van der Waals surface area (Å²) in [7, 11) is 0. The Morgan fingerprint density at radius 2 is 0.885 bits per heavy atom. The number of aromatic hydroxyl groups is 2. The highest BCUT2D eigenvalue weighted by Crippen LogP contribution is 2.14. The number of hydrogen-bond donors (Lipinski definition) is 12. The van der Waals surface area contributed by atoms with Gasteiger partial charge in [-0.1, -0.05) is 38.1 Å². The molecule has 0 saturated heterocycles. The van der Waals surface area contributed by atoms with E-state index in [0.29, 0.717) is 49.9 Å². The maximum atomic E-state index is 13.9. The summed E-state index contributed by atoms with van der Waals surface area (Å²) in [6, 6.07) is 3.84. The van der Waals surface area contributed by atoms with Crippen LogP contribution < -0.4 is 49.1 Å². The van der Waals surface area contributed by atoms with Crippen molar-refractivity contribution in [2.75, 3.05) is 13.1 Å². The molecular formula is C42H65N9O10. The molecule has 2 aromatic carbocycles. The summed E-state index contributed by atoms with van der Waals surface area (Å²) < 4.78 is 0. The lowest BCUT2D eigenvalue weighted by molar-refractivity contribution is -0.142. The second-order valence-electron chi connectivity index (χ2n) is 15.6. The summed E-state index contributed by atoms with van der Waals surface area (Å²) in [5.41, 5.74) is 18.6. The van der Waals surface area contributed by atoms with Gasteiger partial charge in [-0.25, -0.2) is 4.79 Å². The van der Waals surface area contributed by atoms with Crippen LogP contribution >= 0.6 is 0 Å². The molecule has 2 aromatic rings. The Morgan fingerprint density at radius 3 is 1.30 bits per heavy atom. The Hall–Kier alpha value is -5.79. The topological polar surface area (TPSA) is 330 Å². The summed E-state index contributed by atoms with van der Waals surface area (Å²) >= 11 is 0. The number of amides is 6. The molecule has 0 bridgehead atoms. The van der Waals surface area contributed by atoms with Crippen LogP contribution in [0.15, 0.2) is 48.5 Å². The number of unbranched alkanes of at least 4 members (excludes halogenated alkanes) is 2. The monoisotopic (exact) mass is 855 g/mol. The zero-order valence-electron chi connectivity index (χ0n) is 35.4. The van der Waals surface area contributed by atoms with Crippen LogP contribution in [0, 0.1) is 5.92 Å². The molecule has 19 heteroatoms. The number of nitrogens with two attached hydrogens (primary N) is 3. The van der Waals surface area contributed by atoms with Crippen molar-refractivity contribution < 1.29 is 48.9 Å². The first-order valence-electron chi connectivity index (χ1n) is 20.6. The molecule has 0 aliphatic carbocycles. The molecule has 19 nitrogen and oxygen atoms in total. The minimum Gasteiger partial charge on any atom is -0.508 e. The van der Waals surface area contributed by atoms with Crippen LogP contribution in [-0.2, 0) is 46.4 Å². The highest BCUT2D eigenvalue weighted by Gasteiger charge is 2.32. The molecule has 0 aliphatic heterocycles. The molecule has 0 heterocycles. The van der Waals surface area contributed by atoms with Gasteiger partial charge in [-0.15, -0.1) is 0 Å². The van der Waals surface area contributed by atoms with E-state index in [4.69, 9.17) is 17.2 Å². The van der Waals surface area contributed by atoms with Crippen LogP contribution in [0.1, 0.15) is 83.8 Å². The van der Waals surface area contributed by atoms with Gasteiger partial charge in [0.1, 0.15) is 47.8 Å². The van der Waals surface area contributed by atoms with Crippen LogP contribution in [0.4, 0.5) is 0 Å². The van der Waals surface area contributed by atoms with Crippen molar-refractivity contribution in [2.45, 2.75) is 128 Å². The molecule has 0 saturated carbocycles. The van der Waals surface area contributed by atoms with Crippen molar-refractivity contribution in [3.8, 4) is 11.5 Å². The van der Waals surface area contributed by atoms with Gasteiger partial charge in [0, 0.05) is 6.42 Å². The van der Waals surface area contributed by atoms with Gasteiger partial charge in [0.2, 0.25) is 35.4 Å². The largest absolute Gasteiger partial charge is 0.508 e. The highest BCUT2D eigenvalue weighted by atomic mass is 16.4. The Kier molecular flexibility index (Phi) is 22.2. The Balaban J connectivity index is 2.24. The fourth-order valence-electron chi connectivity index (χ4n) is 6.18. The molecule has 2 rings (SSSR count). The van der Waals surface area contributed by atoms with E-state index in [2.05, 4.69) is 31.9 Å². The minimum absolute atomic E-state index is 0.0341. The first-order chi connectivity index (χ1) is 28.8. The number of carboxylic acids is 1. The number of aliphatic carboxylic acids is 1. The summed E-state index contributed by atoms with van der Waals surface area (Å²) in [5.74, 6) is -5.55. The van der Waals surface area contributed by atoms with Crippen LogP contribution in [0.3, 0.4) is 0 Å². The fraction of sp³-hybridized carbons (Fsp3) is 0.548. The number of hydrogen-bond acceptors (Lipinski definition) is 12. The van der Waals surface area contributed by atoms with Gasteiger partial charge in [0.15, 0.2) is 0 Å². The maximum absolute atomic E-state index is 13.9. The molecular weight excluding hydrogens is 791 g/mol. The zero-order chi connectivity index (χ0) is 45.6. The molecule has 61 heavy (non-hydrogen) atoms. The SMILES string of the molecule is CC(C)C[C@H](NC(=O)[C@H](CCCCN)NC(=O)[C@H](C)NC(=O)[C@H](Cc1ccc(O)cc1)NC(=O)[C@H](CCCCN)NC(=O)[C@H](C)NC(=O)[C@@H](N)Cc1ccc(O)cc1)C(=O)O. The molecule has 6 amide bonds. The number of carbonyl (C=O) groups excluding carboxylic acids is 6. The number of phenols is 2. The van der Waals surface area contributed by atoms with E-state index in [0.717, 1.165) is 0 Å². The van der Waals surface area contributed by atoms with Gasteiger partial charge in [0.05, 0.1) is 6.04 Å². The maximum Gasteiger partial charge on any atom is 0.326 e. The van der Waals surface area contributed by atoms with E-state index in [1.165, 1.54) is 38.1 Å². The summed E-state index contributed by atoms with van der Waals surface area (Å²) in [6.45, 7) is 7.07. The van der Waals surface area contributed by atoms with Crippen LogP contribution in [0.2, 0.25) is 0 Å². The van der Waals surface area contributed by atoms with Gasteiger partial charge in [0.25, 0.3) is 0 Å². The van der Waals surface area contributed by atoms with Crippen molar-refractivity contribution in [3.63, 3.8) is 0 Å². The van der Waals surface area contributed by atoms with Gasteiger partial charge >= 0.3 is 5.97 Å². The number of benzene rings is 2. The predicted octanol–water partition coefficient (Wildman–Crippen LogP) is -0.452. The van der Waals surface area contributed by atoms with Gasteiger partial charge in [-0.3, -0.25) is 28.8 Å². The second kappa shape index (κ2) is 26.4. The molecule has 15 N–H and O–H groups in total. The van der Waals surface area contributed by atoms with Crippen molar-refractivity contribution in [2.24, 2.45) is 23.1 Å². The molecule has 0 aromatic heterocycles. The van der Waals surface area contributed by atoms with Crippen LogP contribution in [0.5, 0.6) is 11.5 Å². The van der Waals surface area contributed by atoms with E-state index in [9.17, 15) is 48.9 Å². The summed E-state index contributed by atoms with van der Waals surface area (Å²) in [4.78, 5) is 92.6. The summed E-state index contributed by atoms with van der Waals surface area (Å²) in [5, 5.41) is 44.6. The molecule has 0 radical (unpaired) electrons. The molecule has 0 fully saturated rings. The molecule has 0 unspecified atom stereocenters. The normalized spacial score (nSPS) is 14.6. The van der Waals surface area contributed by atoms with Crippen molar-refractivity contribution in [1.82, 2.24) is 31.9 Å². The number of carbonyl (C=O) groups is 7. The molecule has 0 aliphatic rings. The third-order valence-electron chi connectivity index (χ3n) is 9.72. The number of nitrogens with one attached hydrogen (secondary N) is 6. The minimum atomic E-state index is -1.31. The van der Waals surface area contributed by atoms with Crippen molar-refractivity contribution in [1.29, 1.82) is 0 Å².